The van der Waals surface area contributed by atoms with Crippen molar-refractivity contribution < 1.29 is 0 Å². The second kappa shape index (κ2) is 5.34. The minimum Gasteiger partial charge on any atom is -0.329 e. The average molecular weight is 267 g/mol. The van der Waals surface area contributed by atoms with E-state index in [1.54, 1.807) is 0 Å². The molecule has 2 rings (SSSR count). The Balaban J connectivity index is 2.10. The smallest absolute Gasteiger partial charge is 0.0333 e. The molecule has 2 unspecified atom stereocenters. The number of nitrogens with two attached hydrogens (primary N) is 1. The van der Waals surface area contributed by atoms with Crippen LogP contribution < -0.4 is 5.73 Å². The summed E-state index contributed by atoms with van der Waals surface area (Å²) in [6, 6.07) is 1.28. The third-order valence-corrected chi connectivity index (χ3v) is 5.94. The largest absolute Gasteiger partial charge is 0.329 e. The van der Waals surface area contributed by atoms with E-state index in [0.29, 0.717) is 17.5 Å². The summed E-state index contributed by atoms with van der Waals surface area (Å²) in [6.45, 7) is 12.7. The third-order valence-electron chi connectivity index (χ3n) is 5.94. The van der Waals surface area contributed by atoms with Gasteiger partial charge in [0.1, 0.15) is 0 Å². The highest BCUT2D eigenvalue weighted by atomic mass is 15.3. The fourth-order valence-corrected chi connectivity index (χ4v) is 3.83. The maximum atomic E-state index is 6.23. The van der Waals surface area contributed by atoms with Gasteiger partial charge in [0, 0.05) is 37.3 Å². The summed E-state index contributed by atoms with van der Waals surface area (Å²) >= 11 is 0. The van der Waals surface area contributed by atoms with E-state index in [9.17, 15) is 0 Å². The van der Waals surface area contributed by atoms with E-state index in [1.165, 1.54) is 38.8 Å². The molecule has 2 N–H and O–H groups in total. The fraction of sp³-hybridized carbons (Fsp3) is 1.00. The zero-order valence-corrected chi connectivity index (χ0v) is 13.6. The Bertz CT molecular complexity index is 291. The van der Waals surface area contributed by atoms with Gasteiger partial charge in [-0.2, -0.15) is 0 Å². The van der Waals surface area contributed by atoms with E-state index in [1.807, 2.05) is 0 Å². The molecule has 1 aliphatic carbocycles. The Morgan fingerprint density at radius 2 is 1.47 bits per heavy atom. The molecule has 1 heterocycles. The van der Waals surface area contributed by atoms with Gasteiger partial charge in [-0.1, -0.05) is 13.8 Å². The van der Waals surface area contributed by atoms with Crippen LogP contribution in [0, 0.1) is 5.41 Å². The van der Waals surface area contributed by atoms with Gasteiger partial charge in [0.2, 0.25) is 0 Å². The molecule has 1 aliphatic heterocycles. The lowest BCUT2D eigenvalue weighted by molar-refractivity contribution is -0.0403. The molecule has 112 valence electrons. The van der Waals surface area contributed by atoms with E-state index in [2.05, 4.69) is 44.5 Å². The van der Waals surface area contributed by atoms with Crippen molar-refractivity contribution in [3.05, 3.63) is 0 Å². The van der Waals surface area contributed by atoms with E-state index in [0.717, 1.165) is 6.54 Å². The molecular formula is C16H33N3. The summed E-state index contributed by atoms with van der Waals surface area (Å²) < 4.78 is 0. The van der Waals surface area contributed by atoms with Crippen molar-refractivity contribution in [1.82, 2.24) is 9.80 Å². The highest BCUT2D eigenvalue weighted by molar-refractivity contribution is 5.01. The molecule has 0 aromatic carbocycles. The lowest BCUT2D eigenvalue weighted by Gasteiger charge is -2.54. The lowest BCUT2D eigenvalue weighted by atomic mass is 9.68. The van der Waals surface area contributed by atoms with Gasteiger partial charge in [-0.05, 0) is 52.0 Å². The maximum absolute atomic E-state index is 6.23. The van der Waals surface area contributed by atoms with E-state index >= 15 is 0 Å². The van der Waals surface area contributed by atoms with E-state index in [4.69, 9.17) is 5.73 Å². The maximum Gasteiger partial charge on any atom is 0.0333 e. The SMILES string of the molecule is CC1CN(C2(CN)CCC(C)(C)CC2)CC(C)N1C. The lowest BCUT2D eigenvalue weighted by Crippen LogP contribution is -2.65. The topological polar surface area (TPSA) is 32.5 Å². The van der Waals surface area contributed by atoms with Crippen LogP contribution in [0.25, 0.3) is 0 Å². The van der Waals surface area contributed by atoms with Gasteiger partial charge in [0.25, 0.3) is 0 Å². The first-order valence-electron chi connectivity index (χ1n) is 7.97. The van der Waals surface area contributed by atoms with Gasteiger partial charge < -0.3 is 5.73 Å². The van der Waals surface area contributed by atoms with Crippen molar-refractivity contribution in [2.45, 2.75) is 71.0 Å². The van der Waals surface area contributed by atoms with Gasteiger partial charge in [0.05, 0.1) is 0 Å². The molecule has 0 aromatic rings. The molecule has 2 aliphatic rings. The Morgan fingerprint density at radius 3 is 1.89 bits per heavy atom. The van der Waals surface area contributed by atoms with Crippen LogP contribution in [0.1, 0.15) is 53.4 Å². The quantitative estimate of drug-likeness (QED) is 0.833. The van der Waals surface area contributed by atoms with E-state index < -0.39 is 0 Å². The van der Waals surface area contributed by atoms with Crippen LogP contribution in [0.5, 0.6) is 0 Å². The predicted octanol–water partition coefficient (Wildman–Crippen LogP) is 2.31. The number of rotatable bonds is 2. The molecule has 1 saturated heterocycles. The van der Waals surface area contributed by atoms with Crippen LogP contribution in [-0.2, 0) is 0 Å². The summed E-state index contributed by atoms with van der Waals surface area (Å²) in [6.07, 6.45) is 5.19. The van der Waals surface area contributed by atoms with Crippen LogP contribution in [-0.4, -0.2) is 54.1 Å². The fourth-order valence-electron chi connectivity index (χ4n) is 3.83. The molecular weight excluding hydrogens is 234 g/mol. The first-order chi connectivity index (χ1) is 8.80. The van der Waals surface area contributed by atoms with Crippen molar-refractivity contribution in [2.75, 3.05) is 26.7 Å². The van der Waals surface area contributed by atoms with Gasteiger partial charge in [0.15, 0.2) is 0 Å². The zero-order chi connectivity index (χ0) is 14.3. The Hall–Kier alpha value is -0.120. The highest BCUT2D eigenvalue weighted by Gasteiger charge is 2.44. The molecule has 0 spiro atoms. The van der Waals surface area contributed by atoms with Crippen molar-refractivity contribution in [1.29, 1.82) is 0 Å². The van der Waals surface area contributed by atoms with Crippen LogP contribution >= 0.6 is 0 Å². The first-order valence-corrected chi connectivity index (χ1v) is 7.97. The van der Waals surface area contributed by atoms with Crippen LogP contribution in [0.4, 0.5) is 0 Å². The average Bonchev–Trinajstić information content (AvgIpc) is 2.36. The van der Waals surface area contributed by atoms with Gasteiger partial charge in [-0.3, -0.25) is 9.80 Å². The van der Waals surface area contributed by atoms with Crippen molar-refractivity contribution >= 4 is 0 Å². The molecule has 3 nitrogen and oxygen atoms in total. The van der Waals surface area contributed by atoms with Crippen LogP contribution in [0.3, 0.4) is 0 Å². The van der Waals surface area contributed by atoms with Crippen molar-refractivity contribution in [3.8, 4) is 0 Å². The molecule has 19 heavy (non-hydrogen) atoms. The Morgan fingerprint density at radius 1 is 1.00 bits per heavy atom. The van der Waals surface area contributed by atoms with Crippen LogP contribution in [0.2, 0.25) is 0 Å². The molecule has 3 heteroatoms. The predicted molar refractivity (Wildman–Crippen MR) is 82.3 cm³/mol. The van der Waals surface area contributed by atoms with Crippen molar-refractivity contribution in [3.63, 3.8) is 0 Å². The zero-order valence-electron chi connectivity index (χ0n) is 13.6. The van der Waals surface area contributed by atoms with Gasteiger partial charge in [-0.15, -0.1) is 0 Å². The number of likely N-dealkylation sites (N-methyl/N-ethyl adjacent to an activating group) is 1. The monoisotopic (exact) mass is 267 g/mol. The summed E-state index contributed by atoms with van der Waals surface area (Å²) in [5, 5.41) is 0. The second-order valence-corrected chi connectivity index (χ2v) is 7.86. The third kappa shape index (κ3) is 2.98. The van der Waals surface area contributed by atoms with Gasteiger partial charge >= 0.3 is 0 Å². The standard InChI is InChI=1S/C16H33N3/c1-13-10-19(11-14(2)18(13)5)16(12-17)8-6-15(3,4)7-9-16/h13-14H,6-12,17H2,1-5H3. The molecule has 2 fully saturated rings. The number of hydrogen-bond donors (Lipinski definition) is 1. The molecule has 1 saturated carbocycles. The Kier molecular flexibility index (Phi) is 4.29. The second-order valence-electron chi connectivity index (χ2n) is 7.86. The summed E-state index contributed by atoms with van der Waals surface area (Å²) in [4.78, 5) is 5.23. The molecule has 0 radical (unpaired) electrons. The number of piperazine rings is 1. The minimum atomic E-state index is 0.277. The van der Waals surface area contributed by atoms with Crippen molar-refractivity contribution in [2.24, 2.45) is 11.1 Å². The summed E-state index contributed by atoms with van der Waals surface area (Å²) in [5.41, 5.74) is 7.02. The molecule has 2 atom stereocenters. The molecule has 0 amide bonds. The summed E-state index contributed by atoms with van der Waals surface area (Å²) in [7, 11) is 2.26. The van der Waals surface area contributed by atoms with Crippen LogP contribution in [0.15, 0.2) is 0 Å². The Labute approximate surface area is 119 Å². The van der Waals surface area contributed by atoms with E-state index in [-0.39, 0.29) is 5.54 Å². The highest BCUT2D eigenvalue weighted by Crippen LogP contribution is 2.43. The number of nitrogens with zero attached hydrogens (tertiary/aromatic N) is 2. The summed E-state index contributed by atoms with van der Waals surface area (Å²) in [5.74, 6) is 0. The number of hydrogen-bond acceptors (Lipinski definition) is 3. The normalized spacial score (nSPS) is 36.3. The first kappa shape index (κ1) is 15.3. The van der Waals surface area contributed by atoms with Gasteiger partial charge in [-0.25, -0.2) is 0 Å². The molecule has 0 aromatic heterocycles. The molecule has 0 bridgehead atoms. The minimum absolute atomic E-state index is 0.277.